The van der Waals surface area contributed by atoms with E-state index < -0.39 is 10.0 Å². The van der Waals surface area contributed by atoms with Crippen molar-refractivity contribution < 1.29 is 17.9 Å². The van der Waals surface area contributed by atoms with Gasteiger partial charge in [0.1, 0.15) is 5.82 Å². The van der Waals surface area contributed by atoms with Crippen LogP contribution in [-0.4, -0.2) is 30.7 Å². The van der Waals surface area contributed by atoms with Crippen LogP contribution in [-0.2, 0) is 16.4 Å². The third-order valence-corrected chi connectivity index (χ3v) is 5.43. The first-order valence-corrected chi connectivity index (χ1v) is 8.87. The van der Waals surface area contributed by atoms with Crippen molar-refractivity contribution in [2.24, 2.45) is 0 Å². The fraction of sp³-hybridized carbons (Fsp3) is 0.308. The van der Waals surface area contributed by atoms with E-state index in [0.29, 0.717) is 24.1 Å². The number of fused-ring (bicyclic) bond motifs is 1. The van der Waals surface area contributed by atoms with Crippen molar-refractivity contribution in [3.63, 3.8) is 0 Å². The number of ether oxygens (including phenoxy) is 1. The van der Waals surface area contributed by atoms with Gasteiger partial charge in [0.25, 0.3) is 10.0 Å². The zero-order valence-electron chi connectivity index (χ0n) is 11.7. The largest absolute Gasteiger partial charge is 0.479 e. The van der Waals surface area contributed by atoms with Gasteiger partial charge in [-0.1, -0.05) is 0 Å². The first-order valence-electron chi connectivity index (χ1n) is 6.55. The summed E-state index contributed by atoms with van der Waals surface area (Å²) < 4.78 is 35.9. The molecule has 0 aromatic carbocycles. The molecule has 3 rings (SSSR count). The standard InChI is InChI=1S/C13H13N3O4S2/c1-20-13-11(7-21-15-13)22(18,19)16-12-6-5-8-9(14-12)3-2-4-10(8)17/h5-7H,2-4H2,1H3,(H,14,16). The van der Waals surface area contributed by atoms with Crippen LogP contribution >= 0.6 is 11.5 Å². The molecule has 0 radical (unpaired) electrons. The fourth-order valence-electron chi connectivity index (χ4n) is 2.28. The van der Waals surface area contributed by atoms with Crippen molar-refractivity contribution in [3.8, 4) is 5.88 Å². The van der Waals surface area contributed by atoms with Crippen LogP contribution in [0, 0.1) is 0 Å². The van der Waals surface area contributed by atoms with Gasteiger partial charge < -0.3 is 4.74 Å². The number of ketones is 1. The highest BCUT2D eigenvalue weighted by Gasteiger charge is 2.24. The molecule has 2 heterocycles. The Morgan fingerprint density at radius 2 is 2.14 bits per heavy atom. The third-order valence-electron chi connectivity index (χ3n) is 3.32. The van der Waals surface area contributed by atoms with E-state index in [4.69, 9.17) is 4.74 Å². The Morgan fingerprint density at radius 3 is 2.91 bits per heavy atom. The molecular weight excluding hydrogens is 326 g/mol. The molecule has 0 spiro atoms. The average molecular weight is 339 g/mol. The highest BCUT2D eigenvalue weighted by Crippen LogP contribution is 2.27. The number of sulfonamides is 1. The topological polar surface area (TPSA) is 98.2 Å². The van der Waals surface area contributed by atoms with Gasteiger partial charge in [-0.25, -0.2) is 13.4 Å². The molecule has 1 aliphatic carbocycles. The minimum absolute atomic E-state index is 0.0319. The Labute approximate surface area is 131 Å². The lowest BCUT2D eigenvalue weighted by molar-refractivity contribution is 0.0971. The van der Waals surface area contributed by atoms with Crippen LogP contribution in [0.3, 0.4) is 0 Å². The number of anilines is 1. The van der Waals surface area contributed by atoms with Crippen LogP contribution in [0.5, 0.6) is 5.88 Å². The van der Waals surface area contributed by atoms with E-state index in [1.807, 2.05) is 0 Å². The van der Waals surface area contributed by atoms with Crippen LogP contribution in [0.15, 0.2) is 22.4 Å². The van der Waals surface area contributed by atoms with Gasteiger partial charge in [0.2, 0.25) is 5.88 Å². The normalized spacial score (nSPS) is 14.5. The van der Waals surface area contributed by atoms with Crippen molar-refractivity contribution in [2.45, 2.75) is 24.2 Å². The van der Waals surface area contributed by atoms with E-state index in [-0.39, 0.29) is 22.4 Å². The zero-order chi connectivity index (χ0) is 15.7. The molecule has 0 atom stereocenters. The minimum Gasteiger partial charge on any atom is -0.479 e. The fourth-order valence-corrected chi connectivity index (χ4v) is 4.35. The highest BCUT2D eigenvalue weighted by molar-refractivity contribution is 7.93. The van der Waals surface area contributed by atoms with E-state index in [0.717, 1.165) is 18.0 Å². The third kappa shape index (κ3) is 2.69. The number of carbonyl (C=O) groups excluding carboxylic acids is 1. The maximum atomic E-state index is 12.3. The number of methoxy groups -OCH3 is 1. The summed E-state index contributed by atoms with van der Waals surface area (Å²) in [6.07, 6.45) is 1.91. The van der Waals surface area contributed by atoms with E-state index in [9.17, 15) is 13.2 Å². The lowest BCUT2D eigenvalue weighted by Crippen LogP contribution is -2.17. The lowest BCUT2D eigenvalue weighted by Gasteiger charge is -2.15. The molecule has 0 bridgehead atoms. The molecule has 0 fully saturated rings. The summed E-state index contributed by atoms with van der Waals surface area (Å²) in [5.74, 6) is 0.277. The molecule has 7 nitrogen and oxygen atoms in total. The maximum Gasteiger partial charge on any atom is 0.269 e. The van der Waals surface area contributed by atoms with Crippen LogP contribution in [0.2, 0.25) is 0 Å². The predicted molar refractivity (Wildman–Crippen MR) is 81.0 cm³/mol. The number of nitrogens with zero attached hydrogens (tertiary/aromatic N) is 2. The van der Waals surface area contributed by atoms with Gasteiger partial charge in [0.05, 0.1) is 12.8 Å². The van der Waals surface area contributed by atoms with Gasteiger partial charge in [-0.05, 0) is 36.5 Å². The Morgan fingerprint density at radius 1 is 1.32 bits per heavy atom. The minimum atomic E-state index is -3.83. The SMILES string of the molecule is COc1nscc1S(=O)(=O)Nc1ccc2c(n1)CCCC2=O. The van der Waals surface area contributed by atoms with Gasteiger partial charge in [0, 0.05) is 17.4 Å². The summed E-state index contributed by atoms with van der Waals surface area (Å²) in [6.45, 7) is 0. The first kappa shape index (κ1) is 14.9. The number of hydrogen-bond acceptors (Lipinski definition) is 7. The summed E-state index contributed by atoms with van der Waals surface area (Å²) in [5.41, 5.74) is 1.20. The summed E-state index contributed by atoms with van der Waals surface area (Å²) >= 11 is 0.992. The number of hydrogen-bond donors (Lipinski definition) is 1. The number of rotatable bonds is 4. The summed E-state index contributed by atoms with van der Waals surface area (Å²) in [4.78, 5) is 16.0. The lowest BCUT2D eigenvalue weighted by atomic mass is 9.95. The number of aryl methyl sites for hydroxylation is 1. The second-order valence-electron chi connectivity index (χ2n) is 4.76. The van der Waals surface area contributed by atoms with Crippen molar-refractivity contribution >= 4 is 33.2 Å². The molecule has 0 saturated heterocycles. The van der Waals surface area contributed by atoms with Crippen LogP contribution in [0.4, 0.5) is 5.82 Å². The van der Waals surface area contributed by atoms with Gasteiger partial charge in [-0.15, -0.1) is 0 Å². The van der Waals surface area contributed by atoms with Crippen LogP contribution < -0.4 is 9.46 Å². The van der Waals surface area contributed by atoms with Gasteiger partial charge in [0.15, 0.2) is 10.7 Å². The Hall–Kier alpha value is -2.00. The highest BCUT2D eigenvalue weighted by atomic mass is 32.2. The molecule has 116 valence electrons. The maximum absolute atomic E-state index is 12.3. The van der Waals surface area contributed by atoms with Gasteiger partial charge in [-0.3, -0.25) is 9.52 Å². The van der Waals surface area contributed by atoms with Crippen molar-refractivity contribution in [3.05, 3.63) is 28.8 Å². The molecule has 9 heteroatoms. The van der Waals surface area contributed by atoms with E-state index >= 15 is 0 Å². The second-order valence-corrected chi connectivity index (χ2v) is 7.04. The molecule has 0 saturated carbocycles. The number of Topliss-reactive ketones (excluding diaryl/α,β-unsaturated/α-hetero) is 1. The number of pyridine rings is 1. The van der Waals surface area contributed by atoms with Crippen molar-refractivity contribution in [2.75, 3.05) is 11.8 Å². The molecule has 0 aliphatic heterocycles. The molecule has 2 aromatic heterocycles. The molecule has 1 aliphatic rings. The number of aromatic nitrogens is 2. The van der Waals surface area contributed by atoms with Crippen molar-refractivity contribution in [1.29, 1.82) is 0 Å². The van der Waals surface area contributed by atoms with E-state index in [1.165, 1.54) is 18.6 Å². The average Bonchev–Trinajstić information content (AvgIpc) is 2.96. The number of carbonyl (C=O) groups is 1. The molecule has 1 N–H and O–H groups in total. The smallest absolute Gasteiger partial charge is 0.269 e. The quantitative estimate of drug-likeness (QED) is 0.913. The molecular formula is C13H13N3O4S2. The van der Waals surface area contributed by atoms with Gasteiger partial charge in [-0.2, -0.15) is 4.37 Å². The second kappa shape index (κ2) is 5.65. The predicted octanol–water partition coefficient (Wildman–Crippen LogP) is 1.87. The molecule has 22 heavy (non-hydrogen) atoms. The monoisotopic (exact) mass is 339 g/mol. The molecule has 0 unspecified atom stereocenters. The summed E-state index contributed by atoms with van der Waals surface area (Å²) in [6, 6.07) is 3.11. The Bertz CT molecular complexity index is 830. The zero-order valence-corrected chi connectivity index (χ0v) is 13.3. The van der Waals surface area contributed by atoms with E-state index in [1.54, 1.807) is 6.07 Å². The van der Waals surface area contributed by atoms with Gasteiger partial charge >= 0.3 is 0 Å². The Kier molecular flexibility index (Phi) is 3.83. The van der Waals surface area contributed by atoms with Crippen LogP contribution in [0.1, 0.15) is 28.9 Å². The molecule has 0 amide bonds. The van der Waals surface area contributed by atoms with Crippen molar-refractivity contribution in [1.82, 2.24) is 9.36 Å². The summed E-state index contributed by atoms with van der Waals surface area (Å²) in [5, 5.41) is 1.39. The molecule has 2 aromatic rings. The number of nitrogens with one attached hydrogen (secondary N) is 1. The Balaban J connectivity index is 1.91. The first-order chi connectivity index (χ1) is 10.5. The van der Waals surface area contributed by atoms with Crippen LogP contribution in [0.25, 0.3) is 0 Å². The van der Waals surface area contributed by atoms with E-state index in [2.05, 4.69) is 14.1 Å². The summed E-state index contributed by atoms with van der Waals surface area (Å²) in [7, 11) is -2.47.